The fourth-order valence-electron chi connectivity index (χ4n) is 0.999. The van der Waals surface area contributed by atoms with Crippen LogP contribution in [0, 0.1) is 0 Å². The summed E-state index contributed by atoms with van der Waals surface area (Å²) in [6.45, 7) is 0. The molecule has 1 aromatic rings. The molecule has 1 aromatic carbocycles. The number of carbonyl (C=O) groups is 1. The van der Waals surface area contributed by atoms with Gasteiger partial charge in [-0.25, -0.2) is 4.79 Å². The number of benzene rings is 1. The highest BCUT2D eigenvalue weighted by Crippen LogP contribution is 2.11. The Kier molecular flexibility index (Phi) is 3.34. The summed E-state index contributed by atoms with van der Waals surface area (Å²) in [4.78, 5) is 11.0. The van der Waals surface area contributed by atoms with Crippen LogP contribution in [0.25, 0.3) is 6.08 Å². The molecule has 0 heterocycles. The molecule has 0 atom stereocenters. The monoisotopic (exact) mass is 198 g/mol. The molecule has 0 aromatic heterocycles. The van der Waals surface area contributed by atoms with E-state index >= 15 is 0 Å². The Hall–Kier alpha value is -1.71. The lowest BCUT2D eigenvalue weighted by Crippen LogP contribution is -2.00. The van der Waals surface area contributed by atoms with Gasteiger partial charge < -0.3 is 4.74 Å². The van der Waals surface area contributed by atoms with Crippen LogP contribution < -0.4 is 0 Å². The summed E-state index contributed by atoms with van der Waals surface area (Å²) in [5.74, 6) is -0.542. The minimum absolute atomic E-state index is 0.252. The first-order valence-corrected chi connectivity index (χ1v) is 3.84. The molecule has 0 aliphatic carbocycles. The van der Waals surface area contributed by atoms with Crippen molar-refractivity contribution in [3.8, 4) is 0 Å². The number of hydrogen-bond donors (Lipinski definition) is 0. The fourth-order valence-corrected chi connectivity index (χ4v) is 0.999. The summed E-state index contributed by atoms with van der Waals surface area (Å²) in [5, 5.41) is 0. The minimum Gasteiger partial charge on any atom is -0.465 e. The molecule has 0 unspecified atom stereocenters. The van der Waals surface area contributed by atoms with Crippen molar-refractivity contribution in [2.24, 2.45) is 0 Å². The molecule has 4 heteroatoms. The van der Waals surface area contributed by atoms with Gasteiger partial charge in [-0.15, -0.1) is 0 Å². The Morgan fingerprint density at radius 1 is 1.43 bits per heavy atom. The van der Waals surface area contributed by atoms with Gasteiger partial charge in [0.15, 0.2) is 0 Å². The van der Waals surface area contributed by atoms with Crippen molar-refractivity contribution in [1.82, 2.24) is 0 Å². The van der Waals surface area contributed by atoms with Crippen LogP contribution in [0.3, 0.4) is 0 Å². The molecule has 0 fully saturated rings. The minimum atomic E-state index is -1.80. The molecule has 0 N–H and O–H groups in total. The van der Waals surface area contributed by atoms with Crippen LogP contribution in [0.5, 0.6) is 0 Å². The van der Waals surface area contributed by atoms with Crippen molar-refractivity contribution in [2.45, 2.75) is 0 Å². The summed E-state index contributed by atoms with van der Waals surface area (Å²) in [6.07, 6.45) is -1.11. The zero-order valence-electron chi connectivity index (χ0n) is 7.46. The van der Waals surface area contributed by atoms with Crippen molar-refractivity contribution >= 4 is 12.0 Å². The quantitative estimate of drug-likeness (QED) is 0.683. The number of hydrogen-bond acceptors (Lipinski definition) is 2. The first-order chi connectivity index (χ1) is 6.63. The molecule has 0 saturated heterocycles. The van der Waals surface area contributed by atoms with E-state index < -0.39 is 12.0 Å². The van der Waals surface area contributed by atoms with Gasteiger partial charge in [-0.1, -0.05) is 12.1 Å². The number of rotatable bonds is 2. The number of esters is 1. The van der Waals surface area contributed by atoms with Gasteiger partial charge in [0.05, 0.1) is 12.7 Å². The molecular formula is C10H8F2O2. The molecule has 0 aliphatic rings. The van der Waals surface area contributed by atoms with Gasteiger partial charge in [-0.3, -0.25) is 0 Å². The molecule has 74 valence electrons. The molecule has 2 nitrogen and oxygen atoms in total. The van der Waals surface area contributed by atoms with Gasteiger partial charge in [-0.05, 0) is 17.7 Å². The molecule has 0 aliphatic heterocycles. The van der Waals surface area contributed by atoms with Crippen molar-refractivity contribution < 1.29 is 18.3 Å². The predicted octanol–water partition coefficient (Wildman–Crippen LogP) is 2.71. The first-order valence-electron chi connectivity index (χ1n) is 3.84. The van der Waals surface area contributed by atoms with E-state index in [-0.39, 0.29) is 11.1 Å². The number of methoxy groups -OCH3 is 1. The summed E-state index contributed by atoms with van der Waals surface area (Å²) in [6, 6.07) is 5.83. The summed E-state index contributed by atoms with van der Waals surface area (Å²) in [7, 11) is 1.24. The largest absolute Gasteiger partial charge is 0.465 e. The molecule has 14 heavy (non-hydrogen) atoms. The zero-order valence-corrected chi connectivity index (χ0v) is 7.46. The number of carbonyl (C=O) groups excluding carboxylic acids is 1. The third-order valence-electron chi connectivity index (χ3n) is 1.58. The van der Waals surface area contributed by atoms with E-state index in [1.807, 2.05) is 0 Å². The lowest BCUT2D eigenvalue weighted by Gasteiger charge is -1.99. The fraction of sp³-hybridized carbons (Fsp3) is 0.100. The average Bonchev–Trinajstić information content (AvgIpc) is 2.16. The van der Waals surface area contributed by atoms with Crippen LogP contribution in [0.2, 0.25) is 0 Å². The Bertz CT molecular complexity index is 368. The second-order valence-electron chi connectivity index (χ2n) is 2.55. The highest BCUT2D eigenvalue weighted by atomic mass is 19.3. The summed E-state index contributed by atoms with van der Waals surface area (Å²) in [5.41, 5.74) is 0.524. The SMILES string of the molecule is COC(=O)c1cccc(C=C(F)F)c1. The molecule has 0 spiro atoms. The Labute approximate surface area is 79.8 Å². The average molecular weight is 198 g/mol. The van der Waals surface area contributed by atoms with Gasteiger partial charge >= 0.3 is 5.97 Å². The zero-order chi connectivity index (χ0) is 10.6. The van der Waals surface area contributed by atoms with Crippen LogP contribution in [0.15, 0.2) is 30.3 Å². The number of ether oxygens (including phenoxy) is 1. The van der Waals surface area contributed by atoms with Crippen LogP contribution in [-0.4, -0.2) is 13.1 Å². The van der Waals surface area contributed by atoms with Gasteiger partial charge in [0.1, 0.15) is 0 Å². The van der Waals surface area contributed by atoms with Gasteiger partial charge in [-0.2, -0.15) is 8.78 Å². The van der Waals surface area contributed by atoms with E-state index in [1.165, 1.54) is 31.4 Å². The predicted molar refractivity (Wildman–Crippen MR) is 48.0 cm³/mol. The highest BCUT2D eigenvalue weighted by molar-refractivity contribution is 5.89. The summed E-state index contributed by atoms with van der Waals surface area (Å²) >= 11 is 0. The van der Waals surface area contributed by atoms with Crippen LogP contribution >= 0.6 is 0 Å². The second-order valence-corrected chi connectivity index (χ2v) is 2.55. The lowest BCUT2D eigenvalue weighted by molar-refractivity contribution is 0.0600. The Balaban J connectivity index is 3.01. The maximum absolute atomic E-state index is 11.9. The normalized spacial score (nSPS) is 9.36. The van der Waals surface area contributed by atoms with E-state index in [0.717, 1.165) is 0 Å². The smallest absolute Gasteiger partial charge is 0.337 e. The van der Waals surface area contributed by atoms with E-state index in [4.69, 9.17) is 0 Å². The number of halogens is 2. The van der Waals surface area contributed by atoms with Crippen molar-refractivity contribution in [2.75, 3.05) is 7.11 Å². The van der Waals surface area contributed by atoms with E-state index in [1.54, 1.807) is 0 Å². The molecule has 0 bridgehead atoms. The molecule has 0 radical (unpaired) electrons. The van der Waals surface area contributed by atoms with Crippen LogP contribution in [0.4, 0.5) is 8.78 Å². The maximum Gasteiger partial charge on any atom is 0.337 e. The highest BCUT2D eigenvalue weighted by Gasteiger charge is 2.04. The third kappa shape index (κ3) is 2.65. The van der Waals surface area contributed by atoms with Crippen molar-refractivity contribution in [1.29, 1.82) is 0 Å². The van der Waals surface area contributed by atoms with Gasteiger partial charge in [0.2, 0.25) is 0 Å². The first kappa shape index (κ1) is 10.4. The topological polar surface area (TPSA) is 26.3 Å². The van der Waals surface area contributed by atoms with Gasteiger partial charge in [0, 0.05) is 6.08 Å². The Morgan fingerprint density at radius 3 is 2.71 bits per heavy atom. The molecular weight excluding hydrogens is 190 g/mol. The van der Waals surface area contributed by atoms with Crippen LogP contribution in [-0.2, 0) is 4.74 Å². The second kappa shape index (κ2) is 4.50. The summed E-state index contributed by atoms with van der Waals surface area (Å²) < 4.78 is 28.2. The standard InChI is InChI=1S/C10H8F2O2/c1-14-10(13)8-4-2-3-7(5-8)6-9(11)12/h2-6H,1H3. The third-order valence-corrected chi connectivity index (χ3v) is 1.58. The van der Waals surface area contributed by atoms with E-state index in [0.29, 0.717) is 6.08 Å². The van der Waals surface area contributed by atoms with E-state index in [2.05, 4.69) is 4.74 Å². The van der Waals surface area contributed by atoms with Crippen molar-refractivity contribution in [3.63, 3.8) is 0 Å². The lowest BCUT2D eigenvalue weighted by atomic mass is 10.1. The molecule has 0 amide bonds. The van der Waals surface area contributed by atoms with Crippen LogP contribution in [0.1, 0.15) is 15.9 Å². The molecule has 1 rings (SSSR count). The maximum atomic E-state index is 11.9. The Morgan fingerprint density at radius 2 is 2.14 bits per heavy atom. The molecule has 0 saturated carbocycles. The van der Waals surface area contributed by atoms with Gasteiger partial charge in [0.25, 0.3) is 6.08 Å². The van der Waals surface area contributed by atoms with E-state index in [9.17, 15) is 13.6 Å². The van der Waals surface area contributed by atoms with Crippen molar-refractivity contribution in [3.05, 3.63) is 41.5 Å².